The number of carbonyl (C=O) groups excluding carboxylic acids is 1. The van der Waals surface area contributed by atoms with Crippen molar-refractivity contribution >= 4 is 17.3 Å². The van der Waals surface area contributed by atoms with E-state index in [0.29, 0.717) is 12.2 Å². The molecule has 3 aromatic rings. The highest BCUT2D eigenvalue weighted by Crippen LogP contribution is 2.32. The average Bonchev–Trinajstić information content (AvgIpc) is 2.73. The first-order valence-electron chi connectivity index (χ1n) is 9.33. The second-order valence-corrected chi connectivity index (χ2v) is 6.93. The van der Waals surface area contributed by atoms with E-state index in [1.165, 1.54) is 11.3 Å². The van der Waals surface area contributed by atoms with E-state index >= 15 is 0 Å². The molecule has 0 unspecified atom stereocenters. The number of pyridine rings is 1. The van der Waals surface area contributed by atoms with Gasteiger partial charge in [-0.15, -0.1) is 0 Å². The Kier molecular flexibility index (Phi) is 4.88. The second kappa shape index (κ2) is 7.62. The molecule has 1 aliphatic rings. The van der Waals surface area contributed by atoms with Gasteiger partial charge >= 0.3 is 0 Å². The molecule has 136 valence electrons. The average molecular weight is 357 g/mol. The van der Waals surface area contributed by atoms with Crippen LogP contribution in [0.2, 0.25) is 0 Å². The minimum absolute atomic E-state index is 0.0653. The zero-order valence-electron chi connectivity index (χ0n) is 15.5. The van der Waals surface area contributed by atoms with Gasteiger partial charge in [0.05, 0.1) is 11.9 Å². The van der Waals surface area contributed by atoms with Crippen molar-refractivity contribution in [3.63, 3.8) is 0 Å². The van der Waals surface area contributed by atoms with E-state index in [2.05, 4.69) is 34.1 Å². The van der Waals surface area contributed by atoms with Crippen LogP contribution in [0.5, 0.6) is 0 Å². The quantitative estimate of drug-likeness (QED) is 0.693. The normalized spacial score (nSPS) is 13.1. The summed E-state index contributed by atoms with van der Waals surface area (Å²) in [6, 6.07) is 22.3. The summed E-state index contributed by atoms with van der Waals surface area (Å²) in [5.41, 5.74) is 5.22. The van der Waals surface area contributed by atoms with E-state index in [-0.39, 0.29) is 5.91 Å². The molecule has 4 nitrogen and oxygen atoms in total. The van der Waals surface area contributed by atoms with Crippen LogP contribution in [0, 0.1) is 0 Å². The van der Waals surface area contributed by atoms with Crippen LogP contribution in [0.3, 0.4) is 0 Å². The zero-order valence-corrected chi connectivity index (χ0v) is 15.5. The molecule has 1 amide bonds. The third-order valence-electron chi connectivity index (χ3n) is 5.00. The maximum absolute atomic E-state index is 12.7. The Balaban J connectivity index is 1.50. The molecule has 2 heterocycles. The van der Waals surface area contributed by atoms with Crippen LogP contribution in [0.15, 0.2) is 72.9 Å². The molecule has 4 rings (SSSR count). The largest absolute Gasteiger partial charge is 0.340 e. The van der Waals surface area contributed by atoms with Gasteiger partial charge < -0.3 is 9.80 Å². The molecular weight excluding hydrogens is 334 g/mol. The predicted octanol–water partition coefficient (Wildman–Crippen LogP) is 4.44. The Labute approximate surface area is 160 Å². The molecule has 4 heteroatoms. The number of nitrogens with zero attached hydrogens (tertiary/aromatic N) is 3. The molecule has 0 saturated carbocycles. The number of amides is 1. The number of para-hydroxylation sites is 1. The lowest BCUT2D eigenvalue weighted by Gasteiger charge is -2.31. The van der Waals surface area contributed by atoms with Gasteiger partial charge in [-0.1, -0.05) is 48.5 Å². The molecule has 1 aromatic heterocycles. The lowest BCUT2D eigenvalue weighted by molar-refractivity contribution is 0.0779. The minimum Gasteiger partial charge on any atom is -0.340 e. The second-order valence-electron chi connectivity index (χ2n) is 6.93. The lowest BCUT2D eigenvalue weighted by atomic mass is 10.0. The van der Waals surface area contributed by atoms with Gasteiger partial charge in [0.15, 0.2) is 0 Å². The summed E-state index contributed by atoms with van der Waals surface area (Å²) in [6.45, 7) is 1.54. The van der Waals surface area contributed by atoms with E-state index < -0.39 is 0 Å². The Morgan fingerprint density at radius 1 is 1.04 bits per heavy atom. The van der Waals surface area contributed by atoms with E-state index in [0.717, 1.165) is 30.6 Å². The Morgan fingerprint density at radius 3 is 2.59 bits per heavy atom. The van der Waals surface area contributed by atoms with Crippen LogP contribution < -0.4 is 4.90 Å². The Hall–Kier alpha value is -3.14. The Morgan fingerprint density at radius 2 is 1.81 bits per heavy atom. The number of benzene rings is 2. The standard InChI is InChI=1S/C23H23N3O/c1-25(17-18-8-3-2-4-9-18)23(27)21-14-13-20(16-24-21)26-15-7-11-19-10-5-6-12-22(19)26/h2-6,8-10,12-14,16H,7,11,15,17H2,1H3. The first-order valence-corrected chi connectivity index (χ1v) is 9.33. The predicted molar refractivity (Wildman–Crippen MR) is 108 cm³/mol. The topological polar surface area (TPSA) is 36.4 Å². The molecule has 0 N–H and O–H groups in total. The summed E-state index contributed by atoms with van der Waals surface area (Å²) in [4.78, 5) is 21.1. The van der Waals surface area contributed by atoms with E-state index in [1.54, 1.807) is 4.90 Å². The van der Waals surface area contributed by atoms with Crippen LogP contribution in [-0.4, -0.2) is 29.4 Å². The number of anilines is 2. The fourth-order valence-corrected chi connectivity index (χ4v) is 3.60. The van der Waals surface area contributed by atoms with Gasteiger partial charge in [-0.05, 0) is 42.2 Å². The van der Waals surface area contributed by atoms with Crippen molar-refractivity contribution < 1.29 is 4.79 Å². The molecule has 0 spiro atoms. The van der Waals surface area contributed by atoms with Crippen LogP contribution in [-0.2, 0) is 13.0 Å². The van der Waals surface area contributed by atoms with Crippen molar-refractivity contribution in [1.29, 1.82) is 0 Å². The van der Waals surface area contributed by atoms with E-state index in [1.807, 2.05) is 55.7 Å². The summed E-state index contributed by atoms with van der Waals surface area (Å²) in [5.74, 6) is -0.0653. The van der Waals surface area contributed by atoms with Crippen LogP contribution in [0.4, 0.5) is 11.4 Å². The zero-order chi connectivity index (χ0) is 18.6. The molecule has 2 aromatic carbocycles. The molecular formula is C23H23N3O. The van der Waals surface area contributed by atoms with Crippen LogP contribution in [0.1, 0.15) is 28.0 Å². The molecule has 1 aliphatic heterocycles. The monoisotopic (exact) mass is 357 g/mol. The smallest absolute Gasteiger partial charge is 0.272 e. The highest BCUT2D eigenvalue weighted by atomic mass is 16.2. The van der Waals surface area contributed by atoms with Crippen molar-refractivity contribution in [3.05, 3.63) is 89.7 Å². The summed E-state index contributed by atoms with van der Waals surface area (Å²) in [6.07, 6.45) is 4.05. The van der Waals surface area contributed by atoms with Gasteiger partial charge in [0.25, 0.3) is 5.91 Å². The van der Waals surface area contributed by atoms with Crippen molar-refractivity contribution in [2.75, 3.05) is 18.5 Å². The van der Waals surface area contributed by atoms with E-state index in [9.17, 15) is 4.79 Å². The molecule has 27 heavy (non-hydrogen) atoms. The summed E-state index contributed by atoms with van der Waals surface area (Å²) in [5, 5.41) is 0. The first kappa shape index (κ1) is 17.3. The van der Waals surface area contributed by atoms with Crippen molar-refractivity contribution in [2.45, 2.75) is 19.4 Å². The van der Waals surface area contributed by atoms with Gasteiger partial charge in [-0.2, -0.15) is 0 Å². The maximum atomic E-state index is 12.7. The molecule has 0 radical (unpaired) electrons. The number of aryl methyl sites for hydroxylation is 1. The highest BCUT2D eigenvalue weighted by Gasteiger charge is 2.19. The number of carbonyl (C=O) groups is 1. The third kappa shape index (κ3) is 3.70. The van der Waals surface area contributed by atoms with Gasteiger partial charge in [0.2, 0.25) is 0 Å². The minimum atomic E-state index is -0.0653. The summed E-state index contributed by atoms with van der Waals surface area (Å²) < 4.78 is 0. The van der Waals surface area contributed by atoms with Gasteiger partial charge in [0.1, 0.15) is 5.69 Å². The third-order valence-corrected chi connectivity index (χ3v) is 5.00. The molecule has 0 atom stereocenters. The molecule has 0 bridgehead atoms. The van der Waals surface area contributed by atoms with E-state index in [4.69, 9.17) is 0 Å². The SMILES string of the molecule is CN(Cc1ccccc1)C(=O)c1ccc(N2CCCc3ccccc32)cn1. The highest BCUT2D eigenvalue weighted by molar-refractivity contribution is 5.92. The molecule has 0 fully saturated rings. The van der Waals surface area contributed by atoms with Gasteiger partial charge in [0, 0.05) is 25.8 Å². The maximum Gasteiger partial charge on any atom is 0.272 e. The number of aromatic nitrogens is 1. The van der Waals surface area contributed by atoms with Crippen LogP contribution in [0.25, 0.3) is 0 Å². The summed E-state index contributed by atoms with van der Waals surface area (Å²) in [7, 11) is 1.81. The van der Waals surface area contributed by atoms with Crippen LogP contribution >= 0.6 is 0 Å². The van der Waals surface area contributed by atoms with Crippen molar-refractivity contribution in [2.24, 2.45) is 0 Å². The van der Waals surface area contributed by atoms with Gasteiger partial charge in [-0.25, -0.2) is 4.98 Å². The fourth-order valence-electron chi connectivity index (χ4n) is 3.60. The number of rotatable bonds is 4. The number of fused-ring (bicyclic) bond motifs is 1. The van der Waals surface area contributed by atoms with Crippen molar-refractivity contribution in [3.8, 4) is 0 Å². The summed E-state index contributed by atoms with van der Waals surface area (Å²) >= 11 is 0. The molecule has 0 saturated heterocycles. The van der Waals surface area contributed by atoms with Crippen molar-refractivity contribution in [1.82, 2.24) is 9.88 Å². The fraction of sp³-hybridized carbons (Fsp3) is 0.217. The lowest BCUT2D eigenvalue weighted by Crippen LogP contribution is -2.27. The van der Waals surface area contributed by atoms with Gasteiger partial charge in [-0.3, -0.25) is 4.79 Å². The molecule has 0 aliphatic carbocycles. The number of hydrogen-bond donors (Lipinski definition) is 0. The Bertz CT molecular complexity index is 922. The number of hydrogen-bond acceptors (Lipinski definition) is 3. The first-order chi connectivity index (χ1) is 13.2.